The van der Waals surface area contributed by atoms with Crippen molar-refractivity contribution in [1.82, 2.24) is 5.32 Å². The first kappa shape index (κ1) is 64.5. The van der Waals surface area contributed by atoms with Crippen molar-refractivity contribution in [3.05, 3.63) is 72.9 Å². The summed E-state index contributed by atoms with van der Waals surface area (Å²) in [4.78, 5) is 34.1. The maximum Gasteiger partial charge on any atom is 0.472 e. The summed E-state index contributed by atoms with van der Waals surface area (Å²) < 4.78 is 27.0. The molecule has 2 atom stereocenters. The van der Waals surface area contributed by atoms with Gasteiger partial charge in [-0.05, 0) is 89.9 Å². The fourth-order valence-corrected chi connectivity index (χ4v) is 8.21. The summed E-state index contributed by atoms with van der Waals surface area (Å²) in [6, 6.07) is 0. The molecule has 0 saturated carbocycles. The fourth-order valence-electron chi connectivity index (χ4n) is 7.45. The zero-order valence-corrected chi connectivity index (χ0v) is 44.0. The van der Waals surface area contributed by atoms with E-state index in [0.29, 0.717) is 6.42 Å². The average molecular weight is 960 g/mol. The highest BCUT2D eigenvalue weighted by Crippen LogP contribution is 2.42. The lowest BCUT2D eigenvalue weighted by Gasteiger charge is -2.15. The molecule has 9 nitrogen and oxygen atoms in total. The number of aliphatic hydroxyl groups excluding tert-OH is 1. The van der Waals surface area contributed by atoms with E-state index in [9.17, 15) is 24.2 Å². The Hall–Kier alpha value is -2.55. The van der Waals surface area contributed by atoms with Crippen molar-refractivity contribution in [3.63, 3.8) is 0 Å². The Kier molecular flexibility index (Phi) is 50.8. The molecule has 1 amide bonds. The molecule has 0 aliphatic rings. The minimum Gasteiger partial charge on any atom is -0.463 e. The lowest BCUT2D eigenvalue weighted by atomic mass is 10.0. The highest BCUT2D eigenvalue weighted by molar-refractivity contribution is 7.47. The minimum atomic E-state index is -4.43. The van der Waals surface area contributed by atoms with Gasteiger partial charge in [0.2, 0.25) is 5.91 Å². The quantitative estimate of drug-likeness (QED) is 0.0238. The Morgan fingerprint density at radius 1 is 0.463 bits per heavy atom. The Balaban J connectivity index is 3.57. The minimum absolute atomic E-state index is 0.0765. The molecule has 0 aromatic heterocycles. The number of hydrogen-bond donors (Lipinski definition) is 3. The number of phosphoric acid groups is 1. The molecule has 0 heterocycles. The van der Waals surface area contributed by atoms with Gasteiger partial charge in [-0.2, -0.15) is 0 Å². The highest BCUT2D eigenvalue weighted by atomic mass is 31.2. The van der Waals surface area contributed by atoms with Gasteiger partial charge < -0.3 is 20.1 Å². The van der Waals surface area contributed by atoms with E-state index in [-0.39, 0.29) is 32.1 Å². The largest absolute Gasteiger partial charge is 0.472 e. The predicted octanol–water partition coefficient (Wildman–Crippen LogP) is 16.6. The molecular formula is C57H102NO8P. The molecule has 10 heteroatoms. The van der Waals surface area contributed by atoms with E-state index in [4.69, 9.17) is 13.8 Å². The Bertz CT molecular complexity index is 1320. The number of ether oxygens (including phenoxy) is 1. The molecule has 0 rings (SSSR count). The summed E-state index contributed by atoms with van der Waals surface area (Å²) in [6.07, 6.45) is 66.9. The third-order valence-electron chi connectivity index (χ3n) is 11.6. The van der Waals surface area contributed by atoms with E-state index < -0.39 is 26.5 Å². The van der Waals surface area contributed by atoms with Gasteiger partial charge in [0.15, 0.2) is 0 Å². The topological polar surface area (TPSA) is 131 Å². The average Bonchev–Trinajstić information content (AvgIpc) is 3.32. The summed E-state index contributed by atoms with van der Waals surface area (Å²) >= 11 is 0. The Morgan fingerprint density at radius 3 is 1.21 bits per heavy atom. The molecule has 0 bridgehead atoms. The smallest absolute Gasteiger partial charge is 0.463 e. The molecule has 0 spiro atoms. The van der Waals surface area contributed by atoms with Gasteiger partial charge in [-0.15, -0.1) is 0 Å². The van der Waals surface area contributed by atoms with Crippen molar-refractivity contribution in [2.24, 2.45) is 0 Å². The van der Waals surface area contributed by atoms with Gasteiger partial charge in [0, 0.05) is 19.4 Å². The van der Waals surface area contributed by atoms with Gasteiger partial charge in [-0.1, -0.05) is 215 Å². The number of carbonyl (C=O) groups excluding carboxylic acids is 2. The van der Waals surface area contributed by atoms with Crippen molar-refractivity contribution in [2.45, 2.75) is 251 Å². The van der Waals surface area contributed by atoms with Crippen LogP contribution in [0.15, 0.2) is 72.9 Å². The van der Waals surface area contributed by atoms with Crippen LogP contribution in [-0.4, -0.2) is 54.3 Å². The number of nitrogens with one attached hydrogen (secondary N) is 1. The van der Waals surface area contributed by atoms with Crippen molar-refractivity contribution < 1.29 is 37.9 Å². The van der Waals surface area contributed by atoms with E-state index in [1.807, 2.05) is 0 Å². The van der Waals surface area contributed by atoms with Crippen molar-refractivity contribution >= 4 is 19.7 Å². The first-order chi connectivity index (χ1) is 32.8. The number of allylic oxidation sites excluding steroid dienone is 12. The zero-order chi connectivity index (χ0) is 48.8. The molecule has 388 valence electrons. The van der Waals surface area contributed by atoms with Crippen LogP contribution in [0, 0.1) is 0 Å². The van der Waals surface area contributed by atoms with Gasteiger partial charge >= 0.3 is 13.8 Å². The summed E-state index contributed by atoms with van der Waals surface area (Å²) in [7, 11) is -4.43. The summed E-state index contributed by atoms with van der Waals surface area (Å²) in [6.45, 7) is 3.51. The molecule has 0 aliphatic heterocycles. The second-order valence-electron chi connectivity index (χ2n) is 18.2. The van der Waals surface area contributed by atoms with E-state index >= 15 is 0 Å². The Morgan fingerprint density at radius 2 is 0.806 bits per heavy atom. The fraction of sp³-hybridized carbons (Fsp3) is 0.754. The molecule has 0 fully saturated rings. The van der Waals surface area contributed by atoms with Crippen LogP contribution in [0.3, 0.4) is 0 Å². The number of esters is 1. The Labute approximate surface area is 411 Å². The third-order valence-corrected chi connectivity index (χ3v) is 12.6. The number of carbonyl (C=O) groups is 2. The van der Waals surface area contributed by atoms with Crippen molar-refractivity contribution in [1.29, 1.82) is 0 Å². The number of unbranched alkanes of at least 4 members (excludes halogenated alkanes) is 26. The molecule has 2 unspecified atom stereocenters. The summed E-state index contributed by atoms with van der Waals surface area (Å²) in [5.41, 5.74) is 0. The van der Waals surface area contributed by atoms with Gasteiger partial charge in [0.25, 0.3) is 0 Å². The molecule has 3 N–H and O–H groups in total. The number of aliphatic hydroxyl groups is 1. The maximum atomic E-state index is 12.2. The van der Waals surface area contributed by atoms with Crippen LogP contribution in [0.25, 0.3) is 0 Å². The molecule has 0 radical (unpaired) electrons. The number of hydrogen-bond acceptors (Lipinski definition) is 7. The summed E-state index contributed by atoms with van der Waals surface area (Å²) in [5.74, 6) is -0.522. The number of amides is 1. The van der Waals surface area contributed by atoms with E-state index in [1.165, 1.54) is 154 Å². The van der Waals surface area contributed by atoms with Crippen LogP contribution >= 0.6 is 7.82 Å². The van der Waals surface area contributed by atoms with Crippen LogP contribution in [0.5, 0.6) is 0 Å². The van der Waals surface area contributed by atoms with Crippen molar-refractivity contribution in [2.75, 3.05) is 26.4 Å². The second-order valence-corrected chi connectivity index (χ2v) is 19.6. The number of phosphoric ester groups is 1. The summed E-state index contributed by atoms with van der Waals surface area (Å²) in [5, 5.41) is 12.8. The van der Waals surface area contributed by atoms with Crippen LogP contribution < -0.4 is 5.32 Å². The van der Waals surface area contributed by atoms with Crippen LogP contribution in [0.4, 0.5) is 0 Å². The number of rotatable bonds is 51. The van der Waals surface area contributed by atoms with Gasteiger partial charge in [0.1, 0.15) is 12.7 Å². The second kappa shape index (κ2) is 52.8. The van der Waals surface area contributed by atoms with E-state index in [1.54, 1.807) is 0 Å². The van der Waals surface area contributed by atoms with Crippen LogP contribution in [0.1, 0.15) is 245 Å². The maximum absolute atomic E-state index is 12.2. The standard InChI is InChI=1S/C57H102NO8P/c1-3-5-7-9-11-13-15-17-19-21-23-25-27-29-31-33-35-37-39-41-43-45-47-49-56(60)58-51-52-65-67(62,63)66-54-55(59)53-64-57(61)50-48-46-44-42-40-38-36-34-32-30-28-26-24-22-20-18-16-14-12-10-8-6-4-2/h11-14,17-20,23-26,55,59H,3-10,15-16,21-22,27-54H2,1-2H3,(H,58,60)(H,62,63)/b13-11-,14-12-,19-17-,20-18-,25-23-,26-24-. The molecule has 0 aromatic rings. The van der Waals surface area contributed by atoms with Crippen LogP contribution in [-0.2, 0) is 27.9 Å². The SMILES string of the molecule is CCCCC/C=C\C/C=C\C/C=C\CCCCCCCCCCCCC(=O)NCCOP(=O)(O)OCC(O)COC(=O)CCCCCCCCCCCC/C=C\C/C=C\C/C=C\CCCCC. The molecule has 0 saturated heterocycles. The molecule has 0 aromatic carbocycles. The zero-order valence-electron chi connectivity index (χ0n) is 43.1. The lowest BCUT2D eigenvalue weighted by Crippen LogP contribution is -2.27. The van der Waals surface area contributed by atoms with Gasteiger partial charge in [-0.3, -0.25) is 18.6 Å². The first-order valence-electron chi connectivity index (χ1n) is 27.4. The monoisotopic (exact) mass is 960 g/mol. The predicted molar refractivity (Wildman–Crippen MR) is 284 cm³/mol. The van der Waals surface area contributed by atoms with Crippen LogP contribution in [0.2, 0.25) is 0 Å². The van der Waals surface area contributed by atoms with E-state index in [0.717, 1.165) is 64.2 Å². The highest BCUT2D eigenvalue weighted by Gasteiger charge is 2.23. The molecular weight excluding hydrogens is 858 g/mol. The van der Waals surface area contributed by atoms with Gasteiger partial charge in [-0.25, -0.2) is 4.57 Å². The van der Waals surface area contributed by atoms with E-state index in [2.05, 4.69) is 92.1 Å². The first-order valence-corrected chi connectivity index (χ1v) is 28.9. The van der Waals surface area contributed by atoms with Crippen molar-refractivity contribution in [3.8, 4) is 0 Å². The molecule has 67 heavy (non-hydrogen) atoms. The molecule has 0 aliphatic carbocycles. The normalized spacial score (nSPS) is 13.7. The lowest BCUT2D eigenvalue weighted by molar-refractivity contribution is -0.147. The van der Waals surface area contributed by atoms with Gasteiger partial charge in [0.05, 0.1) is 13.2 Å². The third kappa shape index (κ3) is 54.3.